The van der Waals surface area contributed by atoms with Gasteiger partial charge in [-0.15, -0.1) is 0 Å². The van der Waals surface area contributed by atoms with Crippen LogP contribution >= 0.6 is 11.6 Å². The van der Waals surface area contributed by atoms with Crippen molar-refractivity contribution >= 4 is 17.5 Å². The summed E-state index contributed by atoms with van der Waals surface area (Å²) in [5.74, 6) is 2.34. The second-order valence-corrected chi connectivity index (χ2v) is 10.1. The van der Waals surface area contributed by atoms with Gasteiger partial charge in [0.1, 0.15) is 5.75 Å². The van der Waals surface area contributed by atoms with Crippen molar-refractivity contribution in [2.75, 3.05) is 27.9 Å². The lowest BCUT2D eigenvalue weighted by molar-refractivity contribution is -0.139. The van der Waals surface area contributed by atoms with E-state index in [1.54, 1.807) is 21.3 Å². The lowest BCUT2D eigenvalue weighted by Gasteiger charge is -2.43. The van der Waals surface area contributed by atoms with Gasteiger partial charge in [-0.05, 0) is 77.9 Å². The highest BCUT2D eigenvalue weighted by molar-refractivity contribution is 6.30. The number of rotatable bonds is 6. The van der Waals surface area contributed by atoms with E-state index < -0.39 is 5.41 Å². The van der Waals surface area contributed by atoms with Gasteiger partial charge in [-0.1, -0.05) is 48.7 Å². The number of halogens is 1. The van der Waals surface area contributed by atoms with Crippen LogP contribution < -0.4 is 14.2 Å². The van der Waals surface area contributed by atoms with Crippen LogP contribution in [0.1, 0.15) is 54.0 Å². The van der Waals surface area contributed by atoms with Crippen molar-refractivity contribution in [1.29, 1.82) is 0 Å². The highest BCUT2D eigenvalue weighted by Gasteiger charge is 2.47. The Morgan fingerprint density at radius 3 is 2.14 bits per heavy atom. The van der Waals surface area contributed by atoms with Crippen LogP contribution in [-0.2, 0) is 16.6 Å². The molecule has 5 nitrogen and oxygen atoms in total. The summed E-state index contributed by atoms with van der Waals surface area (Å²) in [5, 5.41) is 0.684. The fourth-order valence-electron chi connectivity index (χ4n) is 5.96. The van der Waals surface area contributed by atoms with Gasteiger partial charge in [-0.3, -0.25) is 4.79 Å². The fourth-order valence-corrected chi connectivity index (χ4v) is 6.08. The Balaban J connectivity index is 1.63. The largest absolute Gasteiger partial charge is 0.497 e. The van der Waals surface area contributed by atoms with Crippen LogP contribution in [0.15, 0.2) is 60.7 Å². The number of carbonyl (C=O) groups excluding carboxylic acids is 1. The van der Waals surface area contributed by atoms with Crippen molar-refractivity contribution < 1.29 is 19.0 Å². The third-order valence-electron chi connectivity index (χ3n) is 7.83. The normalized spacial score (nSPS) is 18.4. The number of hydrogen-bond donors (Lipinski definition) is 0. The molecule has 0 radical (unpaired) electrons. The number of methoxy groups -OCH3 is 3. The molecule has 1 atom stereocenters. The lowest BCUT2D eigenvalue weighted by Crippen LogP contribution is -2.49. The number of hydrogen-bond acceptors (Lipinski definition) is 4. The molecule has 2 aliphatic rings. The highest BCUT2D eigenvalue weighted by atomic mass is 35.5. The second-order valence-electron chi connectivity index (χ2n) is 9.63. The number of ether oxygens (including phenoxy) is 3. The van der Waals surface area contributed by atoms with Crippen molar-refractivity contribution in [3.63, 3.8) is 0 Å². The maximum absolute atomic E-state index is 14.6. The Kier molecular flexibility index (Phi) is 6.85. The zero-order chi connectivity index (χ0) is 25.3. The molecule has 1 aliphatic heterocycles. The SMILES string of the molecule is COc1ccc(C2c3cc(OC)c(OC)cc3CCN2C(=O)C2(c3ccc(Cl)cc3)CCCC2)cc1. The molecule has 1 aliphatic carbocycles. The van der Waals surface area contributed by atoms with E-state index in [1.165, 1.54) is 5.56 Å². The number of nitrogens with zero attached hydrogens (tertiary/aromatic N) is 1. The van der Waals surface area contributed by atoms with Crippen LogP contribution in [0.2, 0.25) is 5.02 Å². The first-order valence-corrected chi connectivity index (χ1v) is 12.8. The maximum atomic E-state index is 14.6. The summed E-state index contributed by atoms with van der Waals surface area (Å²) in [7, 11) is 4.96. The molecule has 1 saturated carbocycles. The molecule has 1 fully saturated rings. The van der Waals surface area contributed by atoms with Crippen molar-refractivity contribution in [1.82, 2.24) is 4.90 Å². The quantitative estimate of drug-likeness (QED) is 0.391. The van der Waals surface area contributed by atoms with Gasteiger partial charge in [0.05, 0.1) is 32.8 Å². The summed E-state index contributed by atoms with van der Waals surface area (Å²) in [6.07, 6.45) is 4.52. The number of benzene rings is 3. The van der Waals surface area contributed by atoms with E-state index in [1.807, 2.05) is 42.5 Å². The minimum absolute atomic E-state index is 0.184. The zero-order valence-electron chi connectivity index (χ0n) is 21.1. The summed E-state index contributed by atoms with van der Waals surface area (Å²) in [6, 6.07) is 19.7. The van der Waals surface area contributed by atoms with Crippen LogP contribution in [0, 0.1) is 0 Å². The minimum Gasteiger partial charge on any atom is -0.497 e. The van der Waals surface area contributed by atoms with Gasteiger partial charge in [0, 0.05) is 11.6 Å². The number of fused-ring (bicyclic) bond motifs is 1. The van der Waals surface area contributed by atoms with E-state index >= 15 is 0 Å². The molecule has 3 aromatic rings. The van der Waals surface area contributed by atoms with Crippen molar-refractivity contribution in [3.8, 4) is 17.2 Å². The van der Waals surface area contributed by atoms with E-state index in [0.717, 1.165) is 54.5 Å². The number of amides is 1. The van der Waals surface area contributed by atoms with Crippen LogP contribution in [0.5, 0.6) is 17.2 Å². The third kappa shape index (κ3) is 4.20. The van der Waals surface area contributed by atoms with Crippen molar-refractivity contribution in [3.05, 3.63) is 87.9 Å². The molecular weight excluding hydrogens is 474 g/mol. The predicted octanol–water partition coefficient (Wildman–Crippen LogP) is 6.35. The van der Waals surface area contributed by atoms with Crippen molar-refractivity contribution in [2.45, 2.75) is 43.6 Å². The third-order valence-corrected chi connectivity index (χ3v) is 8.08. The monoisotopic (exact) mass is 505 g/mol. The maximum Gasteiger partial charge on any atom is 0.234 e. The molecule has 5 rings (SSSR count). The first kappa shape index (κ1) is 24.5. The molecule has 1 heterocycles. The molecule has 1 amide bonds. The summed E-state index contributed by atoms with van der Waals surface area (Å²) < 4.78 is 16.6. The first-order chi connectivity index (χ1) is 17.5. The molecule has 0 bridgehead atoms. The molecule has 0 N–H and O–H groups in total. The molecular formula is C30H32ClNO4. The van der Waals surface area contributed by atoms with Gasteiger partial charge >= 0.3 is 0 Å². The van der Waals surface area contributed by atoms with Gasteiger partial charge in [-0.2, -0.15) is 0 Å². The van der Waals surface area contributed by atoms with Crippen LogP contribution in [0.3, 0.4) is 0 Å². The molecule has 0 spiro atoms. The molecule has 0 aromatic heterocycles. The number of carbonyl (C=O) groups is 1. The van der Waals surface area contributed by atoms with Gasteiger partial charge in [0.15, 0.2) is 11.5 Å². The molecule has 0 saturated heterocycles. The highest BCUT2D eigenvalue weighted by Crippen LogP contribution is 2.47. The van der Waals surface area contributed by atoms with E-state index in [2.05, 4.69) is 23.1 Å². The van der Waals surface area contributed by atoms with E-state index in [9.17, 15) is 4.79 Å². The van der Waals surface area contributed by atoms with E-state index in [-0.39, 0.29) is 11.9 Å². The first-order valence-electron chi connectivity index (χ1n) is 12.5. The lowest BCUT2D eigenvalue weighted by atomic mass is 9.76. The summed E-state index contributed by atoms with van der Waals surface area (Å²) in [5.41, 5.74) is 3.80. The van der Waals surface area contributed by atoms with Gasteiger partial charge in [0.25, 0.3) is 0 Å². The smallest absolute Gasteiger partial charge is 0.234 e. The van der Waals surface area contributed by atoms with Crippen LogP contribution in [0.25, 0.3) is 0 Å². The van der Waals surface area contributed by atoms with E-state index in [4.69, 9.17) is 25.8 Å². The average Bonchev–Trinajstić information content (AvgIpc) is 3.43. The Morgan fingerprint density at radius 2 is 1.53 bits per heavy atom. The van der Waals surface area contributed by atoms with Crippen LogP contribution in [0.4, 0.5) is 0 Å². The van der Waals surface area contributed by atoms with Gasteiger partial charge in [0.2, 0.25) is 5.91 Å². The summed E-state index contributed by atoms with van der Waals surface area (Å²) in [6.45, 7) is 0.632. The fraction of sp³-hybridized carbons (Fsp3) is 0.367. The molecule has 1 unspecified atom stereocenters. The summed E-state index contributed by atoms with van der Waals surface area (Å²) >= 11 is 6.20. The average molecular weight is 506 g/mol. The molecule has 6 heteroatoms. The Labute approximate surface area is 217 Å². The van der Waals surface area contributed by atoms with Gasteiger partial charge in [-0.25, -0.2) is 0 Å². The zero-order valence-corrected chi connectivity index (χ0v) is 21.8. The minimum atomic E-state index is -0.538. The Bertz CT molecular complexity index is 1230. The second kappa shape index (κ2) is 10.1. The predicted molar refractivity (Wildman–Crippen MR) is 141 cm³/mol. The van der Waals surface area contributed by atoms with E-state index in [0.29, 0.717) is 23.1 Å². The molecule has 3 aromatic carbocycles. The van der Waals surface area contributed by atoms with Crippen molar-refractivity contribution in [2.24, 2.45) is 0 Å². The Hall–Kier alpha value is -3.18. The standard InChI is InChI=1S/C30H32ClNO4/c1-34-24-12-6-20(7-13-24)28-25-19-27(36-3)26(35-2)18-21(25)14-17-32(28)29(33)30(15-4-5-16-30)22-8-10-23(31)11-9-22/h6-13,18-19,28H,4-5,14-17H2,1-3H3. The summed E-state index contributed by atoms with van der Waals surface area (Å²) in [4.78, 5) is 16.7. The molecule has 188 valence electrons. The topological polar surface area (TPSA) is 48.0 Å². The van der Waals surface area contributed by atoms with Crippen LogP contribution in [-0.4, -0.2) is 38.7 Å². The Morgan fingerprint density at radius 1 is 0.889 bits per heavy atom. The molecule has 36 heavy (non-hydrogen) atoms. The van der Waals surface area contributed by atoms with Gasteiger partial charge < -0.3 is 19.1 Å².